The van der Waals surface area contributed by atoms with E-state index in [0.29, 0.717) is 0 Å². The van der Waals surface area contributed by atoms with E-state index in [1.807, 2.05) is 0 Å². The monoisotopic (exact) mass is 279 g/mol. The third kappa shape index (κ3) is 3.75. The molecular formula is C11H15ClFNO4. The van der Waals surface area contributed by atoms with Crippen LogP contribution in [-0.4, -0.2) is 25.3 Å². The van der Waals surface area contributed by atoms with Gasteiger partial charge in [0.2, 0.25) is 0 Å². The highest BCUT2D eigenvalue weighted by molar-refractivity contribution is 5.85. The maximum atomic E-state index is 13.2. The molecule has 0 aliphatic carbocycles. The van der Waals surface area contributed by atoms with E-state index >= 15 is 0 Å². The Balaban J connectivity index is 0.00000289. The molecule has 0 radical (unpaired) electrons. The van der Waals surface area contributed by atoms with E-state index in [1.54, 1.807) is 0 Å². The van der Waals surface area contributed by atoms with Gasteiger partial charge < -0.3 is 20.3 Å². The van der Waals surface area contributed by atoms with E-state index in [4.69, 9.17) is 10.5 Å². The van der Waals surface area contributed by atoms with E-state index < -0.39 is 17.8 Å². The second-order valence-corrected chi connectivity index (χ2v) is 3.43. The number of carbonyl (C=O) groups excluding carboxylic acids is 1. The molecule has 1 atom stereocenters. The van der Waals surface area contributed by atoms with Crippen molar-refractivity contribution in [2.75, 3.05) is 14.2 Å². The number of phenolic OH excluding ortho intramolecular Hbond substituents is 1. The standard InChI is InChI=1S/C11H14FNO4.ClH/c1-16-9-4-6(12)3-7(11(9)15)8(13)5-10(14)17-2;/h3-4,8,15H,5,13H2,1-2H3;1H/t8-;/m1./s1. The Morgan fingerprint density at radius 3 is 2.61 bits per heavy atom. The zero-order valence-corrected chi connectivity index (χ0v) is 10.8. The second-order valence-electron chi connectivity index (χ2n) is 3.43. The quantitative estimate of drug-likeness (QED) is 0.817. The van der Waals surface area contributed by atoms with Crippen LogP contribution in [-0.2, 0) is 9.53 Å². The molecule has 0 spiro atoms. The molecular weight excluding hydrogens is 265 g/mol. The van der Waals surface area contributed by atoms with Crippen LogP contribution in [0, 0.1) is 5.82 Å². The van der Waals surface area contributed by atoms with Crippen molar-refractivity contribution in [2.45, 2.75) is 12.5 Å². The lowest BCUT2D eigenvalue weighted by atomic mass is 10.0. The van der Waals surface area contributed by atoms with Gasteiger partial charge in [-0.25, -0.2) is 4.39 Å². The Morgan fingerprint density at radius 2 is 2.11 bits per heavy atom. The molecule has 0 bridgehead atoms. The van der Waals surface area contributed by atoms with Gasteiger partial charge in [-0.05, 0) is 6.07 Å². The Kier molecular flexibility index (Phi) is 6.43. The topological polar surface area (TPSA) is 81.8 Å². The summed E-state index contributed by atoms with van der Waals surface area (Å²) >= 11 is 0. The van der Waals surface area contributed by atoms with Crippen LogP contribution in [0.25, 0.3) is 0 Å². The number of benzene rings is 1. The molecule has 3 N–H and O–H groups in total. The first-order chi connectivity index (χ1) is 7.99. The molecule has 18 heavy (non-hydrogen) atoms. The van der Waals surface area contributed by atoms with Crippen LogP contribution in [0.5, 0.6) is 11.5 Å². The molecule has 1 aromatic rings. The van der Waals surface area contributed by atoms with Gasteiger partial charge in [0.25, 0.3) is 0 Å². The summed E-state index contributed by atoms with van der Waals surface area (Å²) in [4.78, 5) is 11.0. The highest BCUT2D eigenvalue weighted by Gasteiger charge is 2.19. The highest BCUT2D eigenvalue weighted by atomic mass is 35.5. The fraction of sp³-hybridized carbons (Fsp3) is 0.364. The summed E-state index contributed by atoms with van der Waals surface area (Å²) in [6.07, 6.45) is -0.156. The third-order valence-corrected chi connectivity index (χ3v) is 2.30. The number of hydrogen-bond donors (Lipinski definition) is 2. The predicted octanol–water partition coefficient (Wildman–Crippen LogP) is 1.52. The van der Waals surface area contributed by atoms with Crippen molar-refractivity contribution in [1.82, 2.24) is 0 Å². The third-order valence-electron chi connectivity index (χ3n) is 2.30. The first kappa shape index (κ1) is 16.5. The fourth-order valence-electron chi connectivity index (χ4n) is 1.41. The minimum absolute atomic E-state index is 0. The molecule has 1 rings (SSSR count). The summed E-state index contributed by atoms with van der Waals surface area (Å²) in [6, 6.07) is 1.24. The molecule has 0 aliphatic rings. The van der Waals surface area contributed by atoms with E-state index in [1.165, 1.54) is 14.2 Å². The van der Waals surface area contributed by atoms with Crippen molar-refractivity contribution in [1.29, 1.82) is 0 Å². The fourth-order valence-corrected chi connectivity index (χ4v) is 1.41. The second kappa shape index (κ2) is 7.03. The molecule has 7 heteroatoms. The van der Waals surface area contributed by atoms with Crippen LogP contribution in [0.4, 0.5) is 4.39 Å². The maximum absolute atomic E-state index is 13.2. The number of esters is 1. The largest absolute Gasteiger partial charge is 0.504 e. The lowest BCUT2D eigenvalue weighted by Crippen LogP contribution is -2.16. The van der Waals surface area contributed by atoms with Crippen LogP contribution in [0.15, 0.2) is 12.1 Å². The summed E-state index contributed by atoms with van der Waals surface area (Å²) in [5, 5.41) is 9.75. The number of aromatic hydroxyl groups is 1. The summed E-state index contributed by atoms with van der Waals surface area (Å²) in [7, 11) is 2.52. The minimum atomic E-state index is -0.855. The van der Waals surface area contributed by atoms with Crippen molar-refractivity contribution < 1.29 is 23.8 Å². The molecule has 0 amide bonds. The van der Waals surface area contributed by atoms with E-state index in [9.17, 15) is 14.3 Å². The van der Waals surface area contributed by atoms with Gasteiger partial charge in [0, 0.05) is 17.7 Å². The Morgan fingerprint density at radius 1 is 1.50 bits per heavy atom. The lowest BCUT2D eigenvalue weighted by molar-refractivity contribution is -0.141. The summed E-state index contributed by atoms with van der Waals surface area (Å²) < 4.78 is 22.4. The first-order valence-electron chi connectivity index (χ1n) is 4.88. The Bertz CT molecular complexity index is 428. The predicted molar refractivity (Wildman–Crippen MR) is 65.4 cm³/mol. The molecule has 102 valence electrons. The van der Waals surface area contributed by atoms with Crippen LogP contribution in [0.2, 0.25) is 0 Å². The molecule has 0 fully saturated rings. The summed E-state index contributed by atoms with van der Waals surface area (Å²) in [5.74, 6) is -1.44. The normalized spacial score (nSPS) is 11.3. The number of rotatable bonds is 4. The van der Waals surface area contributed by atoms with Crippen molar-refractivity contribution in [3.8, 4) is 11.5 Å². The molecule has 5 nitrogen and oxygen atoms in total. The SMILES string of the molecule is COC(=O)C[C@@H](N)c1cc(F)cc(OC)c1O.Cl. The number of methoxy groups -OCH3 is 2. The Hall–Kier alpha value is -1.53. The Labute approximate surface area is 110 Å². The van der Waals surface area contributed by atoms with Crippen molar-refractivity contribution in [2.24, 2.45) is 5.73 Å². The zero-order valence-electron chi connectivity index (χ0n) is 9.97. The lowest BCUT2D eigenvalue weighted by Gasteiger charge is -2.14. The van der Waals surface area contributed by atoms with Gasteiger partial charge >= 0.3 is 5.97 Å². The van der Waals surface area contributed by atoms with Crippen LogP contribution in [0.1, 0.15) is 18.0 Å². The van der Waals surface area contributed by atoms with Gasteiger partial charge in [-0.15, -0.1) is 12.4 Å². The maximum Gasteiger partial charge on any atom is 0.307 e. The van der Waals surface area contributed by atoms with Crippen LogP contribution >= 0.6 is 12.4 Å². The average molecular weight is 280 g/mol. The number of nitrogens with two attached hydrogens (primary N) is 1. The van der Waals surface area contributed by atoms with Gasteiger partial charge in [0.1, 0.15) is 5.82 Å². The highest BCUT2D eigenvalue weighted by Crippen LogP contribution is 2.34. The van der Waals surface area contributed by atoms with E-state index in [2.05, 4.69) is 4.74 Å². The number of ether oxygens (including phenoxy) is 2. The first-order valence-corrected chi connectivity index (χ1v) is 4.88. The molecule has 0 aliphatic heterocycles. The zero-order chi connectivity index (χ0) is 13.0. The number of hydrogen-bond acceptors (Lipinski definition) is 5. The summed E-state index contributed by atoms with van der Waals surface area (Å²) in [5.41, 5.74) is 5.79. The van der Waals surface area contributed by atoms with Crippen molar-refractivity contribution in [3.63, 3.8) is 0 Å². The van der Waals surface area contributed by atoms with E-state index in [0.717, 1.165) is 12.1 Å². The van der Waals surface area contributed by atoms with Crippen molar-refractivity contribution >= 4 is 18.4 Å². The van der Waals surface area contributed by atoms with Gasteiger partial charge in [0.05, 0.1) is 20.6 Å². The smallest absolute Gasteiger partial charge is 0.307 e. The number of phenols is 1. The van der Waals surface area contributed by atoms with Crippen LogP contribution < -0.4 is 10.5 Å². The number of carbonyl (C=O) groups is 1. The van der Waals surface area contributed by atoms with Gasteiger partial charge in [-0.2, -0.15) is 0 Å². The van der Waals surface area contributed by atoms with E-state index in [-0.39, 0.29) is 35.9 Å². The average Bonchev–Trinajstić information content (AvgIpc) is 2.31. The van der Waals surface area contributed by atoms with Gasteiger partial charge in [-0.1, -0.05) is 0 Å². The molecule has 1 aromatic carbocycles. The van der Waals surface area contributed by atoms with Gasteiger partial charge in [0.15, 0.2) is 11.5 Å². The molecule has 0 saturated carbocycles. The molecule has 0 aromatic heterocycles. The molecule has 0 unspecified atom stereocenters. The summed E-state index contributed by atoms with van der Waals surface area (Å²) in [6.45, 7) is 0. The van der Waals surface area contributed by atoms with Gasteiger partial charge in [-0.3, -0.25) is 4.79 Å². The molecule has 0 heterocycles. The molecule has 0 saturated heterocycles. The van der Waals surface area contributed by atoms with Crippen molar-refractivity contribution in [3.05, 3.63) is 23.5 Å². The van der Waals surface area contributed by atoms with Crippen LogP contribution in [0.3, 0.4) is 0 Å². The minimum Gasteiger partial charge on any atom is -0.504 e. The number of halogens is 2.